The van der Waals surface area contributed by atoms with E-state index in [0.717, 1.165) is 45.2 Å². The van der Waals surface area contributed by atoms with Crippen molar-refractivity contribution in [2.24, 2.45) is 0 Å². The summed E-state index contributed by atoms with van der Waals surface area (Å²) >= 11 is 6.11. The van der Waals surface area contributed by atoms with Crippen molar-refractivity contribution in [3.05, 3.63) is 53.4 Å². The predicted molar refractivity (Wildman–Crippen MR) is 166 cm³/mol. The molecule has 0 aliphatic carbocycles. The van der Waals surface area contributed by atoms with Crippen LogP contribution in [-0.2, 0) is 9.53 Å². The second kappa shape index (κ2) is 17.6. The summed E-state index contributed by atoms with van der Waals surface area (Å²) in [4.78, 5) is 19.3. The highest BCUT2D eigenvalue weighted by Gasteiger charge is 2.21. The highest BCUT2D eigenvalue weighted by atomic mass is 35.5. The zero-order valence-corrected chi connectivity index (χ0v) is 25.7. The Morgan fingerprint density at radius 2 is 1.95 bits per heavy atom. The number of carbonyl (C=O) groups is 1. The van der Waals surface area contributed by atoms with Crippen LogP contribution in [0.3, 0.4) is 0 Å². The molecule has 0 saturated carbocycles. The van der Waals surface area contributed by atoms with E-state index in [1.807, 2.05) is 13.8 Å². The van der Waals surface area contributed by atoms with Crippen molar-refractivity contribution in [2.75, 3.05) is 43.5 Å². The number of hydrogen-bond acceptors (Lipinski definition) is 8. The van der Waals surface area contributed by atoms with Gasteiger partial charge >= 0.3 is 0 Å². The van der Waals surface area contributed by atoms with Gasteiger partial charge in [0.15, 0.2) is 0 Å². The molecule has 1 amide bonds. The first kappa shape index (κ1) is 33.2. The first-order chi connectivity index (χ1) is 20.4. The Hall–Kier alpha value is -3.34. The number of hydrogen-bond donors (Lipinski definition) is 2. The predicted octanol–water partition coefficient (Wildman–Crippen LogP) is 7.11. The van der Waals surface area contributed by atoms with Crippen molar-refractivity contribution in [1.29, 1.82) is 0 Å². The average Bonchev–Trinajstić information content (AvgIpc) is 3.50. The minimum Gasteiger partial charge on any atom is -0.469 e. The van der Waals surface area contributed by atoms with Gasteiger partial charge in [-0.25, -0.2) is 9.37 Å². The number of benzene rings is 1. The molecule has 2 aromatic heterocycles. The van der Waals surface area contributed by atoms with Crippen molar-refractivity contribution in [2.45, 2.75) is 65.9 Å². The van der Waals surface area contributed by atoms with Gasteiger partial charge in [0.25, 0.3) is 5.88 Å². The van der Waals surface area contributed by atoms with Crippen LogP contribution in [0.5, 0.6) is 5.88 Å². The molecule has 1 aliphatic rings. The van der Waals surface area contributed by atoms with E-state index < -0.39 is 5.82 Å². The molecule has 3 aromatic rings. The summed E-state index contributed by atoms with van der Waals surface area (Å²) in [5.41, 5.74) is 1.62. The topological polar surface area (TPSA) is 102 Å². The van der Waals surface area contributed by atoms with Crippen LogP contribution in [0.1, 0.15) is 59.8 Å². The molecule has 2 N–H and O–H groups in total. The summed E-state index contributed by atoms with van der Waals surface area (Å²) in [5.74, 6) is 0.0774. The fourth-order valence-electron chi connectivity index (χ4n) is 4.44. The third-order valence-electron chi connectivity index (χ3n) is 6.42. The normalized spacial score (nSPS) is 14.3. The molecule has 1 atom stereocenters. The number of pyridine rings is 1. The van der Waals surface area contributed by atoms with Gasteiger partial charge in [-0.3, -0.25) is 9.69 Å². The van der Waals surface area contributed by atoms with Crippen LogP contribution in [0.4, 0.5) is 21.6 Å². The molecule has 42 heavy (non-hydrogen) atoms. The van der Waals surface area contributed by atoms with Crippen LogP contribution in [-0.4, -0.2) is 64.9 Å². The Morgan fingerprint density at radius 3 is 2.69 bits per heavy atom. The lowest BCUT2D eigenvalue weighted by atomic mass is 10.1. The van der Waals surface area contributed by atoms with Gasteiger partial charge in [0, 0.05) is 35.0 Å². The minimum absolute atomic E-state index is 0.121. The van der Waals surface area contributed by atoms with Crippen molar-refractivity contribution in [1.82, 2.24) is 20.1 Å². The average molecular weight is 601 g/mol. The molecule has 3 heterocycles. The number of nitrogens with zero attached hydrogens (tertiary/aromatic N) is 4. The standard InChI is InChI=1S/C29H36ClFN6O3.C2H6/c1-3-5-6-13-37(12-4-2)18-28(38)34-27-16-21(9-11-32-27)33-26-17-25(23-15-20(30)7-8-24(23)31)35-36-29(26)40-22-10-14-39-19-22;1-2/h7-9,11,15-17,22H,3-6,10,12-14,18-19H2,1-2H3,(H2,32,33,34,35,38);1-2H3. The van der Waals surface area contributed by atoms with E-state index in [2.05, 4.69) is 44.6 Å². The van der Waals surface area contributed by atoms with Crippen molar-refractivity contribution in [3.8, 4) is 17.1 Å². The fraction of sp³-hybridized carbons (Fsp3) is 0.484. The molecule has 1 saturated heterocycles. The van der Waals surface area contributed by atoms with Crippen LogP contribution in [0, 0.1) is 5.82 Å². The Morgan fingerprint density at radius 1 is 1.12 bits per heavy atom. The quantitative estimate of drug-likeness (QED) is 0.189. The number of rotatable bonds is 14. The molecule has 4 rings (SSSR count). The van der Waals surface area contributed by atoms with Crippen LogP contribution in [0.2, 0.25) is 5.02 Å². The van der Waals surface area contributed by atoms with E-state index in [0.29, 0.717) is 47.7 Å². The van der Waals surface area contributed by atoms with Gasteiger partial charge in [-0.05, 0) is 56.3 Å². The van der Waals surface area contributed by atoms with Gasteiger partial charge < -0.3 is 20.1 Å². The van der Waals surface area contributed by atoms with Gasteiger partial charge in [-0.15, -0.1) is 10.2 Å². The number of amides is 1. The number of halogens is 2. The highest BCUT2D eigenvalue weighted by Crippen LogP contribution is 2.33. The van der Waals surface area contributed by atoms with Gasteiger partial charge in [-0.1, -0.05) is 52.1 Å². The Labute approximate surface area is 253 Å². The second-order valence-corrected chi connectivity index (χ2v) is 10.2. The van der Waals surface area contributed by atoms with Crippen molar-refractivity contribution >= 4 is 34.7 Å². The third-order valence-corrected chi connectivity index (χ3v) is 6.66. The first-order valence-corrected chi connectivity index (χ1v) is 15.2. The largest absolute Gasteiger partial charge is 0.469 e. The third kappa shape index (κ3) is 10.2. The molecule has 0 bridgehead atoms. The Kier molecular flexibility index (Phi) is 13.9. The molecule has 1 aromatic carbocycles. The van der Waals surface area contributed by atoms with E-state index in [1.54, 1.807) is 24.4 Å². The number of ether oxygens (including phenoxy) is 2. The number of carbonyl (C=O) groups excluding carboxylic acids is 1. The van der Waals surface area contributed by atoms with Gasteiger partial charge in [0.2, 0.25) is 5.91 Å². The second-order valence-electron chi connectivity index (χ2n) is 9.76. The lowest BCUT2D eigenvalue weighted by molar-refractivity contribution is -0.117. The highest BCUT2D eigenvalue weighted by molar-refractivity contribution is 6.30. The van der Waals surface area contributed by atoms with Gasteiger partial charge in [0.1, 0.15) is 23.4 Å². The van der Waals surface area contributed by atoms with Crippen LogP contribution in [0.15, 0.2) is 42.6 Å². The lowest BCUT2D eigenvalue weighted by Crippen LogP contribution is -2.34. The number of unbranched alkanes of at least 4 members (excludes halogenated alkanes) is 2. The van der Waals surface area contributed by atoms with Gasteiger partial charge in [0.05, 0.1) is 25.5 Å². The molecule has 9 nitrogen and oxygen atoms in total. The summed E-state index contributed by atoms with van der Waals surface area (Å²) < 4.78 is 26.1. The van der Waals surface area contributed by atoms with E-state index in [4.69, 9.17) is 21.1 Å². The van der Waals surface area contributed by atoms with Crippen LogP contribution >= 0.6 is 11.6 Å². The molecule has 228 valence electrons. The monoisotopic (exact) mass is 600 g/mol. The molecule has 1 unspecified atom stereocenters. The van der Waals surface area contributed by atoms with Crippen LogP contribution < -0.4 is 15.4 Å². The van der Waals surface area contributed by atoms with Gasteiger partial charge in [-0.2, -0.15) is 0 Å². The molecular formula is C31H42ClFN6O3. The number of anilines is 3. The fourth-order valence-corrected chi connectivity index (χ4v) is 4.61. The maximum atomic E-state index is 14.6. The molecule has 0 spiro atoms. The summed E-state index contributed by atoms with van der Waals surface area (Å²) in [5, 5.41) is 15.0. The van der Waals surface area contributed by atoms with E-state index in [-0.39, 0.29) is 23.5 Å². The maximum absolute atomic E-state index is 14.6. The zero-order valence-electron chi connectivity index (χ0n) is 25.0. The number of nitrogens with one attached hydrogen (secondary N) is 2. The van der Waals surface area contributed by atoms with Crippen molar-refractivity contribution in [3.63, 3.8) is 0 Å². The summed E-state index contributed by atoms with van der Waals surface area (Å²) in [6.07, 6.45) is 6.49. The lowest BCUT2D eigenvalue weighted by Gasteiger charge is -2.21. The smallest absolute Gasteiger partial charge is 0.257 e. The summed E-state index contributed by atoms with van der Waals surface area (Å²) in [7, 11) is 0. The Bertz CT molecular complexity index is 1280. The molecule has 1 aliphatic heterocycles. The summed E-state index contributed by atoms with van der Waals surface area (Å²) in [6, 6.07) is 9.40. The van der Waals surface area contributed by atoms with E-state index >= 15 is 0 Å². The molecular weight excluding hydrogens is 559 g/mol. The van der Waals surface area contributed by atoms with E-state index in [1.165, 1.54) is 18.2 Å². The minimum atomic E-state index is -0.469. The maximum Gasteiger partial charge on any atom is 0.257 e. The Balaban J connectivity index is 0.00000237. The zero-order chi connectivity index (χ0) is 30.3. The molecule has 11 heteroatoms. The van der Waals surface area contributed by atoms with E-state index in [9.17, 15) is 9.18 Å². The van der Waals surface area contributed by atoms with Crippen LogP contribution in [0.25, 0.3) is 11.3 Å². The summed E-state index contributed by atoms with van der Waals surface area (Å²) in [6.45, 7) is 11.4. The SMILES string of the molecule is CC.CCCCCN(CCC)CC(=O)Nc1cc(Nc2cc(-c3cc(Cl)ccc3F)nnc2OC2CCOC2)ccn1. The molecule has 0 radical (unpaired) electrons. The van der Waals surface area contributed by atoms with Crippen molar-refractivity contribution < 1.29 is 18.7 Å². The first-order valence-electron chi connectivity index (χ1n) is 14.8. The molecule has 1 fully saturated rings. The number of aromatic nitrogens is 3.